The number of rotatable bonds is 1. The van der Waals surface area contributed by atoms with E-state index < -0.39 is 11.6 Å². The lowest BCUT2D eigenvalue weighted by Crippen LogP contribution is -2.34. The predicted molar refractivity (Wildman–Crippen MR) is 108 cm³/mol. The molecule has 0 saturated carbocycles. The number of hydrogen-bond donors (Lipinski definition) is 1. The van der Waals surface area contributed by atoms with E-state index in [2.05, 4.69) is 6.07 Å². The lowest BCUT2D eigenvalue weighted by atomic mass is 9.89. The van der Waals surface area contributed by atoms with Gasteiger partial charge in [0.25, 0.3) is 0 Å². The molecule has 0 saturated heterocycles. The lowest BCUT2D eigenvalue weighted by molar-refractivity contribution is 0.0933. The number of phenolic OH excluding ortho intramolecular Hbond substituents is 1. The van der Waals surface area contributed by atoms with Crippen LogP contribution in [0.3, 0.4) is 0 Å². The second kappa shape index (κ2) is 6.61. The Kier molecular flexibility index (Phi) is 3.90. The minimum Gasteiger partial charge on any atom is -0.507 e. The van der Waals surface area contributed by atoms with E-state index in [9.17, 15) is 14.7 Å². The summed E-state index contributed by atoms with van der Waals surface area (Å²) in [6, 6.07) is 20.5. The maximum atomic E-state index is 13.5. The van der Waals surface area contributed by atoms with Crippen molar-refractivity contribution in [1.29, 1.82) is 5.26 Å². The monoisotopic (exact) mass is 394 g/mol. The number of ether oxygens (including phenoxy) is 1. The zero-order chi connectivity index (χ0) is 20.8. The topological polar surface area (TPSA) is 90.6 Å². The molecule has 2 aliphatic rings. The number of anilines is 1. The Morgan fingerprint density at radius 1 is 0.933 bits per heavy atom. The van der Waals surface area contributed by atoms with Gasteiger partial charge in [-0.25, -0.2) is 0 Å². The van der Waals surface area contributed by atoms with Gasteiger partial charge in [0.1, 0.15) is 17.2 Å². The molecule has 0 fully saturated rings. The number of hydrogen-bond acceptors (Lipinski definition) is 6. The second-order valence-electron chi connectivity index (χ2n) is 6.99. The highest BCUT2D eigenvalue weighted by molar-refractivity contribution is 6.28. The van der Waals surface area contributed by atoms with Crippen molar-refractivity contribution < 1.29 is 19.4 Å². The maximum absolute atomic E-state index is 13.5. The van der Waals surface area contributed by atoms with Crippen LogP contribution in [0.1, 0.15) is 31.8 Å². The van der Waals surface area contributed by atoms with E-state index in [0.29, 0.717) is 23.5 Å². The fourth-order valence-electron chi connectivity index (χ4n) is 3.79. The Morgan fingerprint density at radius 2 is 1.70 bits per heavy atom. The molecule has 30 heavy (non-hydrogen) atoms. The third-order valence-corrected chi connectivity index (χ3v) is 5.24. The molecule has 1 heterocycles. The minimum absolute atomic E-state index is 0.0552. The van der Waals surface area contributed by atoms with Crippen LogP contribution in [0.5, 0.6) is 11.5 Å². The van der Waals surface area contributed by atoms with E-state index in [1.165, 1.54) is 18.2 Å². The zero-order valence-electron chi connectivity index (χ0n) is 15.6. The van der Waals surface area contributed by atoms with Crippen molar-refractivity contribution in [3.8, 4) is 17.6 Å². The normalized spacial score (nSPS) is 14.8. The molecule has 1 aliphatic heterocycles. The molecule has 3 aromatic rings. The molecule has 1 N–H and O–H groups in total. The molecule has 0 aromatic heterocycles. The first kappa shape index (κ1) is 17.7. The molecule has 144 valence electrons. The standard InChI is InChI=1S/C24H14N2O4/c25-12-14-8-10-16(11-9-14)26-13-15-4-1-2-7-19(15)30-24-21(26)22(28)17-5-3-6-18(27)20(17)23(24)29/h1-11,27H,13H2. The third kappa shape index (κ3) is 2.57. The van der Waals surface area contributed by atoms with Gasteiger partial charge in [0.05, 0.1) is 23.7 Å². The minimum atomic E-state index is -0.548. The molecule has 1 aliphatic carbocycles. The first-order valence-electron chi connectivity index (χ1n) is 9.27. The molecule has 6 nitrogen and oxygen atoms in total. The van der Waals surface area contributed by atoms with Crippen LogP contribution in [0.4, 0.5) is 5.69 Å². The Bertz CT molecular complexity index is 1300. The number of carbonyl (C=O) groups excluding carboxylic acids is 2. The number of aromatic hydroxyl groups is 1. The summed E-state index contributed by atoms with van der Waals surface area (Å²) in [6.07, 6.45) is 0. The Labute approximate surface area is 171 Å². The van der Waals surface area contributed by atoms with Gasteiger partial charge in [0.15, 0.2) is 0 Å². The summed E-state index contributed by atoms with van der Waals surface area (Å²) < 4.78 is 5.96. The van der Waals surface area contributed by atoms with Crippen molar-refractivity contribution in [2.45, 2.75) is 6.54 Å². The number of carbonyl (C=O) groups is 2. The summed E-state index contributed by atoms with van der Waals surface area (Å²) in [5.41, 5.74) is 2.11. The van der Waals surface area contributed by atoms with Crippen molar-refractivity contribution in [2.75, 3.05) is 4.90 Å². The fourth-order valence-corrected chi connectivity index (χ4v) is 3.79. The van der Waals surface area contributed by atoms with Crippen LogP contribution in [0.15, 0.2) is 78.2 Å². The van der Waals surface area contributed by atoms with Crippen LogP contribution in [0.25, 0.3) is 0 Å². The SMILES string of the molecule is N#Cc1ccc(N2Cc3ccccc3OC3=C2C(=O)c2cccc(O)c2C3=O)cc1. The van der Waals surface area contributed by atoms with Crippen molar-refractivity contribution in [3.63, 3.8) is 0 Å². The number of ketones is 2. The van der Waals surface area contributed by atoms with Gasteiger partial charge in [-0.3, -0.25) is 9.59 Å². The number of allylic oxidation sites excluding steroid dienone is 2. The van der Waals surface area contributed by atoms with Gasteiger partial charge in [0, 0.05) is 16.8 Å². The van der Waals surface area contributed by atoms with Crippen LogP contribution in [-0.2, 0) is 6.54 Å². The summed E-state index contributed by atoms with van der Waals surface area (Å²) >= 11 is 0. The van der Waals surface area contributed by atoms with Crippen molar-refractivity contribution >= 4 is 17.3 Å². The van der Waals surface area contributed by atoms with Gasteiger partial charge >= 0.3 is 0 Å². The van der Waals surface area contributed by atoms with Crippen LogP contribution in [0.2, 0.25) is 0 Å². The maximum Gasteiger partial charge on any atom is 0.235 e. The molecule has 6 heteroatoms. The number of nitriles is 1. The molecule has 0 bridgehead atoms. The smallest absolute Gasteiger partial charge is 0.235 e. The van der Waals surface area contributed by atoms with E-state index in [1.54, 1.807) is 41.3 Å². The van der Waals surface area contributed by atoms with Crippen LogP contribution in [-0.4, -0.2) is 16.7 Å². The molecular weight excluding hydrogens is 380 g/mol. The summed E-state index contributed by atoms with van der Waals surface area (Å²) in [5.74, 6) is -0.867. The number of phenols is 1. The largest absolute Gasteiger partial charge is 0.507 e. The number of benzene rings is 3. The molecule has 0 radical (unpaired) electrons. The molecule has 0 spiro atoms. The van der Waals surface area contributed by atoms with Gasteiger partial charge in [-0.1, -0.05) is 24.3 Å². The average molecular weight is 394 g/mol. The first-order chi connectivity index (χ1) is 14.6. The molecule has 3 aromatic carbocycles. The highest BCUT2D eigenvalue weighted by atomic mass is 16.5. The van der Waals surface area contributed by atoms with Crippen molar-refractivity contribution in [2.24, 2.45) is 0 Å². The Hall–Kier alpha value is -4.37. The van der Waals surface area contributed by atoms with E-state index in [0.717, 1.165) is 5.56 Å². The predicted octanol–water partition coefficient (Wildman–Crippen LogP) is 3.95. The third-order valence-electron chi connectivity index (χ3n) is 5.24. The molecule has 0 amide bonds. The lowest BCUT2D eigenvalue weighted by Gasteiger charge is -2.28. The highest BCUT2D eigenvalue weighted by Gasteiger charge is 2.40. The number of nitrogens with zero attached hydrogens (tertiary/aromatic N) is 2. The fraction of sp³-hybridized carbons (Fsp3) is 0.0417. The molecule has 5 rings (SSSR count). The Morgan fingerprint density at radius 3 is 2.47 bits per heavy atom. The summed E-state index contributed by atoms with van der Waals surface area (Å²) in [7, 11) is 0. The summed E-state index contributed by atoms with van der Waals surface area (Å²) in [4.78, 5) is 28.5. The van der Waals surface area contributed by atoms with E-state index >= 15 is 0 Å². The van der Waals surface area contributed by atoms with Crippen molar-refractivity contribution in [3.05, 3.63) is 100 Å². The van der Waals surface area contributed by atoms with Gasteiger partial charge in [-0.05, 0) is 42.5 Å². The number of fused-ring (bicyclic) bond motifs is 2. The number of Topliss-reactive ketones (excluding diaryl/α,β-unsaturated/α-hetero) is 2. The van der Waals surface area contributed by atoms with E-state index in [-0.39, 0.29) is 28.3 Å². The van der Waals surface area contributed by atoms with Gasteiger partial charge < -0.3 is 14.7 Å². The number of para-hydroxylation sites is 1. The Balaban J connectivity index is 1.75. The summed E-state index contributed by atoms with van der Waals surface area (Å²) in [6.45, 7) is 0.300. The van der Waals surface area contributed by atoms with Crippen LogP contribution >= 0.6 is 0 Å². The first-order valence-corrected chi connectivity index (χ1v) is 9.27. The molecular formula is C24H14N2O4. The van der Waals surface area contributed by atoms with Crippen LogP contribution < -0.4 is 9.64 Å². The van der Waals surface area contributed by atoms with Crippen molar-refractivity contribution in [1.82, 2.24) is 0 Å². The van der Waals surface area contributed by atoms with Crippen LogP contribution in [0, 0.1) is 11.3 Å². The van der Waals surface area contributed by atoms with Gasteiger partial charge in [0.2, 0.25) is 17.3 Å². The van der Waals surface area contributed by atoms with E-state index in [4.69, 9.17) is 10.00 Å². The average Bonchev–Trinajstić information content (AvgIpc) is 2.95. The molecule has 0 atom stereocenters. The van der Waals surface area contributed by atoms with Gasteiger partial charge in [-0.2, -0.15) is 5.26 Å². The summed E-state index contributed by atoms with van der Waals surface area (Å²) in [5, 5.41) is 19.3. The zero-order valence-corrected chi connectivity index (χ0v) is 15.6. The second-order valence-corrected chi connectivity index (χ2v) is 6.99. The van der Waals surface area contributed by atoms with Gasteiger partial charge in [-0.15, -0.1) is 0 Å². The highest BCUT2D eigenvalue weighted by Crippen LogP contribution is 2.40. The quantitative estimate of drug-likeness (QED) is 0.672. The molecule has 0 unspecified atom stereocenters. The van der Waals surface area contributed by atoms with E-state index in [1.807, 2.05) is 12.1 Å².